The highest BCUT2D eigenvalue weighted by Gasteiger charge is 2.40. The number of nitrogens with zero attached hydrogens (tertiary/aromatic N) is 4. The minimum Gasteiger partial charge on any atom is -0.494 e. The van der Waals surface area contributed by atoms with Crippen LogP contribution in [0.25, 0.3) is 0 Å². The first-order valence-electron chi connectivity index (χ1n) is 15.5. The van der Waals surface area contributed by atoms with Gasteiger partial charge in [-0.25, -0.2) is 8.42 Å². The molecule has 2 atom stereocenters. The summed E-state index contributed by atoms with van der Waals surface area (Å²) in [6.07, 6.45) is 0.742. The number of morpholine rings is 1. The van der Waals surface area contributed by atoms with Crippen LogP contribution in [0, 0.1) is 0 Å². The molecule has 3 aromatic rings. The topological polar surface area (TPSA) is 118 Å². The Kier molecular flexibility index (Phi) is 8.76. The number of hydrogen-bond donors (Lipinski definition) is 2. The van der Waals surface area contributed by atoms with Crippen LogP contribution in [0.1, 0.15) is 38.4 Å². The third-order valence-corrected chi connectivity index (χ3v) is 11.4. The first-order valence-corrected chi connectivity index (χ1v) is 17.0. The molecule has 3 heterocycles. The second kappa shape index (κ2) is 12.6. The number of methoxy groups -OCH3 is 1. The van der Waals surface area contributed by atoms with Crippen LogP contribution in [-0.2, 0) is 14.6 Å². The Morgan fingerprint density at radius 3 is 2.20 bits per heavy atom. The summed E-state index contributed by atoms with van der Waals surface area (Å²) in [6.45, 7) is 8.98. The van der Waals surface area contributed by atoms with E-state index in [2.05, 4.69) is 21.9 Å². The minimum absolute atomic E-state index is 0.211. The van der Waals surface area contributed by atoms with Crippen molar-refractivity contribution in [1.82, 2.24) is 4.90 Å². The van der Waals surface area contributed by atoms with Crippen molar-refractivity contribution in [2.75, 3.05) is 61.2 Å². The van der Waals surface area contributed by atoms with Gasteiger partial charge in [-0.3, -0.25) is 10.6 Å². The Hall–Kier alpha value is -3.35. The Balaban J connectivity index is 1.34. The van der Waals surface area contributed by atoms with Gasteiger partial charge in [0.2, 0.25) is 0 Å². The first-order chi connectivity index (χ1) is 21.2. The van der Waals surface area contributed by atoms with Gasteiger partial charge < -0.3 is 29.9 Å². The van der Waals surface area contributed by atoms with Crippen molar-refractivity contribution in [2.24, 2.45) is 11.5 Å². The summed E-state index contributed by atoms with van der Waals surface area (Å²) in [5.41, 5.74) is 18.0. The minimum atomic E-state index is -3.62. The van der Waals surface area contributed by atoms with E-state index >= 15 is 0 Å². The van der Waals surface area contributed by atoms with E-state index < -0.39 is 27.5 Å². The molecule has 0 aliphatic carbocycles. The molecule has 44 heavy (non-hydrogen) atoms. The second-order valence-corrected chi connectivity index (χ2v) is 14.5. The van der Waals surface area contributed by atoms with Gasteiger partial charge in [-0.15, -0.1) is 0 Å². The zero-order valence-electron chi connectivity index (χ0n) is 25.8. The lowest BCUT2D eigenvalue weighted by Crippen LogP contribution is -2.59. The van der Waals surface area contributed by atoms with Crippen LogP contribution < -0.4 is 30.9 Å². The molecule has 6 rings (SSSR count). The van der Waals surface area contributed by atoms with Crippen LogP contribution in [0.5, 0.6) is 5.75 Å². The molecule has 0 aromatic heterocycles. The molecule has 11 heteroatoms. The molecule has 0 amide bonds. The van der Waals surface area contributed by atoms with E-state index in [0.29, 0.717) is 17.5 Å². The molecule has 3 aliphatic heterocycles. The number of fused-ring (bicyclic) bond motifs is 1. The zero-order chi connectivity index (χ0) is 31.0. The molecule has 4 N–H and O–H groups in total. The van der Waals surface area contributed by atoms with Crippen LogP contribution in [0.2, 0.25) is 0 Å². The van der Waals surface area contributed by atoms with E-state index in [1.54, 1.807) is 44.1 Å². The third-order valence-electron chi connectivity index (χ3n) is 9.25. The van der Waals surface area contributed by atoms with Crippen LogP contribution in [0.15, 0.2) is 71.6 Å². The number of para-hydroxylation sites is 2. The quantitative estimate of drug-likeness (QED) is 0.401. The smallest absolute Gasteiger partial charge is 0.182 e. The van der Waals surface area contributed by atoms with Crippen LogP contribution in [0.4, 0.5) is 22.7 Å². The van der Waals surface area contributed by atoms with Gasteiger partial charge >= 0.3 is 0 Å². The van der Waals surface area contributed by atoms with Crippen molar-refractivity contribution in [1.29, 1.82) is 0 Å². The maximum Gasteiger partial charge on any atom is 0.182 e. The number of piperidine rings is 1. The fourth-order valence-electron chi connectivity index (χ4n) is 6.76. The van der Waals surface area contributed by atoms with Gasteiger partial charge in [0.05, 0.1) is 47.5 Å². The number of sulfone groups is 1. The van der Waals surface area contributed by atoms with Crippen LogP contribution in [-0.4, -0.2) is 77.4 Å². The molecule has 0 saturated carbocycles. The molecule has 0 bridgehead atoms. The number of rotatable bonds is 7. The summed E-state index contributed by atoms with van der Waals surface area (Å²) in [7, 11) is -1.95. The van der Waals surface area contributed by atoms with E-state index in [1.807, 2.05) is 41.3 Å². The molecule has 3 aromatic carbocycles. The Labute approximate surface area is 261 Å². The van der Waals surface area contributed by atoms with Crippen molar-refractivity contribution in [3.8, 4) is 5.75 Å². The summed E-state index contributed by atoms with van der Waals surface area (Å²) in [4.78, 5) is 8.98. The number of benzene rings is 3. The standard InChI is InChI=1S/C33H44N6O4S/c1-23(2)44(40,41)31-11-7-6-10-29(31)39-32(34)26-8-4-5-9-27(26)38(33(39)35)28-13-12-25(22-30(28)42-3)36-16-14-24(15-17-36)37-18-20-43-21-19-37/h4-13,22-24,32-33H,14-21,34-35H2,1-3H3. The predicted molar refractivity (Wildman–Crippen MR) is 175 cm³/mol. The molecule has 0 spiro atoms. The van der Waals surface area contributed by atoms with Crippen molar-refractivity contribution in [3.05, 3.63) is 72.3 Å². The fraction of sp³-hybridized carbons (Fsp3) is 0.455. The molecule has 2 saturated heterocycles. The highest BCUT2D eigenvalue weighted by molar-refractivity contribution is 7.92. The second-order valence-electron chi connectivity index (χ2n) is 12.0. The predicted octanol–water partition coefficient (Wildman–Crippen LogP) is 4.04. The number of anilines is 4. The summed E-state index contributed by atoms with van der Waals surface area (Å²) in [6, 6.07) is 21.6. The van der Waals surface area contributed by atoms with Crippen molar-refractivity contribution in [3.63, 3.8) is 0 Å². The van der Waals surface area contributed by atoms with Crippen LogP contribution in [0.3, 0.4) is 0 Å². The molecule has 0 radical (unpaired) electrons. The molecular weight excluding hydrogens is 576 g/mol. The van der Waals surface area contributed by atoms with Gasteiger partial charge in [-0.2, -0.15) is 0 Å². The average Bonchev–Trinajstić information content (AvgIpc) is 3.05. The summed E-state index contributed by atoms with van der Waals surface area (Å²) >= 11 is 0. The molecule has 2 unspecified atom stereocenters. The number of ether oxygens (including phenoxy) is 2. The van der Waals surface area contributed by atoms with Crippen molar-refractivity contribution in [2.45, 2.75) is 55.3 Å². The Morgan fingerprint density at radius 2 is 1.52 bits per heavy atom. The lowest BCUT2D eigenvalue weighted by Gasteiger charge is -2.48. The average molecular weight is 621 g/mol. The van der Waals surface area contributed by atoms with E-state index in [4.69, 9.17) is 20.9 Å². The van der Waals surface area contributed by atoms with Crippen molar-refractivity contribution >= 4 is 32.6 Å². The third kappa shape index (κ3) is 5.52. The SMILES string of the molecule is COc1cc(N2CCC(N3CCOCC3)CC2)ccc1N1c2ccccc2C(N)N(c2ccccc2S(=O)(=O)C(C)C)C1N. The van der Waals surface area contributed by atoms with Gasteiger partial charge in [0.15, 0.2) is 16.1 Å². The Morgan fingerprint density at radius 1 is 0.864 bits per heavy atom. The van der Waals surface area contributed by atoms with Crippen molar-refractivity contribution < 1.29 is 17.9 Å². The normalized spacial score (nSPS) is 21.9. The first kappa shape index (κ1) is 30.7. The molecule has 3 aliphatic rings. The lowest BCUT2D eigenvalue weighted by molar-refractivity contribution is 0.0115. The monoisotopic (exact) mass is 620 g/mol. The highest BCUT2D eigenvalue weighted by Crippen LogP contribution is 2.46. The summed E-state index contributed by atoms with van der Waals surface area (Å²) in [5.74, 6) is 0.682. The number of nitrogens with two attached hydrogens (primary N) is 2. The van der Waals surface area contributed by atoms with Gasteiger partial charge in [-0.1, -0.05) is 30.3 Å². The van der Waals surface area contributed by atoms with E-state index in [1.165, 1.54) is 0 Å². The van der Waals surface area contributed by atoms with Gasteiger partial charge in [0.1, 0.15) is 11.9 Å². The zero-order valence-corrected chi connectivity index (χ0v) is 26.6. The molecule has 236 valence electrons. The van der Waals surface area contributed by atoms with E-state index in [9.17, 15) is 8.42 Å². The summed E-state index contributed by atoms with van der Waals surface area (Å²) < 4.78 is 38.4. The van der Waals surface area contributed by atoms with E-state index in [0.717, 1.165) is 74.9 Å². The lowest BCUT2D eigenvalue weighted by atomic mass is 10.0. The molecular formula is C33H44N6O4S. The van der Waals surface area contributed by atoms with E-state index in [-0.39, 0.29) is 4.90 Å². The fourth-order valence-corrected chi connectivity index (χ4v) is 8.00. The number of hydrogen-bond acceptors (Lipinski definition) is 10. The largest absolute Gasteiger partial charge is 0.494 e. The molecule has 10 nitrogen and oxygen atoms in total. The van der Waals surface area contributed by atoms with Gasteiger partial charge in [-0.05, 0) is 57.0 Å². The van der Waals surface area contributed by atoms with Crippen LogP contribution >= 0.6 is 0 Å². The van der Waals surface area contributed by atoms with Gasteiger partial charge in [0, 0.05) is 49.5 Å². The molecule has 2 fully saturated rings. The highest BCUT2D eigenvalue weighted by atomic mass is 32.2. The van der Waals surface area contributed by atoms with Gasteiger partial charge in [0.25, 0.3) is 0 Å². The summed E-state index contributed by atoms with van der Waals surface area (Å²) in [5, 5.41) is -0.601. The Bertz CT molecular complexity index is 1570. The maximum atomic E-state index is 13.4. The maximum absolute atomic E-state index is 13.4.